The van der Waals surface area contributed by atoms with E-state index in [2.05, 4.69) is 0 Å². The van der Waals surface area contributed by atoms with Gasteiger partial charge in [-0.1, -0.05) is 17.7 Å². The molecule has 2 aliphatic rings. The summed E-state index contributed by atoms with van der Waals surface area (Å²) in [7, 11) is 1.38. The van der Waals surface area contributed by atoms with E-state index in [1.54, 1.807) is 0 Å². The minimum Gasteiger partial charge on any atom is -0.399 e. The number of carbonyl (C=O) groups excluding carboxylic acids is 1. The van der Waals surface area contributed by atoms with Crippen molar-refractivity contribution in [1.82, 2.24) is 4.90 Å². The third-order valence-corrected chi connectivity index (χ3v) is 5.36. The largest absolute Gasteiger partial charge is 0.495 e. The molecule has 0 aromatic heterocycles. The number of rotatable bonds is 3. The molecule has 23 heavy (non-hydrogen) atoms. The Morgan fingerprint density at radius 1 is 1.17 bits per heavy atom. The highest BCUT2D eigenvalue weighted by Gasteiger charge is 2.52. The van der Waals surface area contributed by atoms with Crippen molar-refractivity contribution in [3.8, 4) is 0 Å². The second kappa shape index (κ2) is 5.35. The number of nitrogens with zero attached hydrogens (tertiary/aromatic N) is 1. The Morgan fingerprint density at radius 2 is 1.74 bits per heavy atom. The molecule has 1 saturated heterocycles. The Kier molecular flexibility index (Phi) is 3.85. The van der Waals surface area contributed by atoms with Crippen molar-refractivity contribution in [2.45, 2.75) is 64.7 Å². The number of benzene rings is 1. The van der Waals surface area contributed by atoms with Gasteiger partial charge >= 0.3 is 7.12 Å². The van der Waals surface area contributed by atoms with Gasteiger partial charge < -0.3 is 14.2 Å². The fraction of sp³-hybridized carbons (Fsp3) is 0.611. The highest BCUT2D eigenvalue weighted by Crippen LogP contribution is 2.37. The van der Waals surface area contributed by atoms with E-state index in [0.717, 1.165) is 23.9 Å². The second-order valence-corrected chi connectivity index (χ2v) is 7.83. The van der Waals surface area contributed by atoms with E-state index in [4.69, 9.17) is 9.31 Å². The average molecular weight is 315 g/mol. The first-order valence-electron chi connectivity index (χ1n) is 8.36. The predicted octanol–water partition coefficient (Wildman–Crippen LogP) is 2.53. The van der Waals surface area contributed by atoms with Gasteiger partial charge in [-0.15, -0.1) is 0 Å². The zero-order valence-electron chi connectivity index (χ0n) is 15.0. The molecular weight excluding hydrogens is 289 g/mol. The van der Waals surface area contributed by atoms with Gasteiger partial charge in [-0.2, -0.15) is 0 Å². The Labute approximate surface area is 139 Å². The molecule has 5 heteroatoms. The summed E-state index contributed by atoms with van der Waals surface area (Å²) in [5.74, 6) is 0.0564. The Hall–Kier alpha value is -1.33. The maximum absolute atomic E-state index is 12.9. The molecule has 124 valence electrons. The number of carbonyl (C=O) groups is 1. The molecule has 0 atom stereocenters. The standard InChI is InChI=1S/C18H26BNO3/c1-12-7-10-15(19-22-17(2,3)18(4,5)23-19)14(11-12)16(21)20(6)13-8-9-13/h7,10-11,13H,8-9H2,1-6H3. The number of hydrogen-bond acceptors (Lipinski definition) is 3. The molecule has 1 saturated carbocycles. The molecule has 0 bridgehead atoms. The topological polar surface area (TPSA) is 38.8 Å². The van der Waals surface area contributed by atoms with Crippen molar-refractivity contribution in [3.63, 3.8) is 0 Å². The van der Waals surface area contributed by atoms with Crippen LogP contribution < -0.4 is 5.46 Å². The molecule has 2 fully saturated rings. The summed E-state index contributed by atoms with van der Waals surface area (Å²) >= 11 is 0. The lowest BCUT2D eigenvalue weighted by atomic mass is 9.75. The summed E-state index contributed by atoms with van der Waals surface area (Å²) in [5.41, 5.74) is 1.76. The van der Waals surface area contributed by atoms with Crippen molar-refractivity contribution in [3.05, 3.63) is 29.3 Å². The maximum Gasteiger partial charge on any atom is 0.495 e. The summed E-state index contributed by atoms with van der Waals surface area (Å²) in [6, 6.07) is 6.30. The van der Waals surface area contributed by atoms with E-state index in [0.29, 0.717) is 11.6 Å². The summed E-state index contributed by atoms with van der Waals surface area (Å²) in [4.78, 5) is 14.7. The summed E-state index contributed by atoms with van der Waals surface area (Å²) in [6.07, 6.45) is 2.19. The third-order valence-electron chi connectivity index (χ3n) is 5.36. The van der Waals surface area contributed by atoms with Crippen LogP contribution in [0.2, 0.25) is 0 Å². The molecule has 1 aliphatic heterocycles. The van der Waals surface area contributed by atoms with Crippen LogP contribution in [-0.4, -0.2) is 42.2 Å². The number of hydrogen-bond donors (Lipinski definition) is 0. The van der Waals surface area contributed by atoms with E-state index in [9.17, 15) is 4.79 Å². The van der Waals surface area contributed by atoms with Crippen LogP contribution >= 0.6 is 0 Å². The third kappa shape index (κ3) is 2.92. The molecule has 1 aromatic rings. The van der Waals surface area contributed by atoms with E-state index < -0.39 is 18.3 Å². The Morgan fingerprint density at radius 3 is 2.26 bits per heavy atom. The molecule has 1 aromatic carbocycles. The number of aryl methyl sites for hydroxylation is 1. The first-order chi connectivity index (χ1) is 10.6. The highest BCUT2D eigenvalue weighted by molar-refractivity contribution is 6.63. The zero-order valence-corrected chi connectivity index (χ0v) is 15.0. The minimum atomic E-state index is -0.507. The van der Waals surface area contributed by atoms with Gasteiger partial charge in [-0.25, -0.2) is 0 Å². The molecule has 1 heterocycles. The maximum atomic E-state index is 12.9. The van der Waals surface area contributed by atoms with Gasteiger partial charge in [-0.05, 0) is 59.0 Å². The van der Waals surface area contributed by atoms with Crippen LogP contribution in [0.3, 0.4) is 0 Å². The van der Waals surface area contributed by atoms with Crippen LogP contribution in [0.5, 0.6) is 0 Å². The van der Waals surface area contributed by atoms with Crippen LogP contribution in [0.4, 0.5) is 0 Å². The molecule has 0 unspecified atom stereocenters. The van der Waals surface area contributed by atoms with Crippen LogP contribution in [0.15, 0.2) is 18.2 Å². The minimum absolute atomic E-state index is 0.0564. The number of amides is 1. The first kappa shape index (κ1) is 16.5. The monoisotopic (exact) mass is 315 g/mol. The van der Waals surface area contributed by atoms with Crippen LogP contribution in [-0.2, 0) is 9.31 Å². The SMILES string of the molecule is Cc1ccc(B2OC(C)(C)C(C)(C)O2)c(C(=O)N(C)C2CC2)c1. The van der Waals surface area contributed by atoms with E-state index in [1.165, 1.54) is 0 Å². The Bertz CT molecular complexity index is 621. The fourth-order valence-corrected chi connectivity index (χ4v) is 2.85. The van der Waals surface area contributed by atoms with Gasteiger partial charge in [-0.3, -0.25) is 4.79 Å². The Balaban J connectivity index is 1.95. The van der Waals surface area contributed by atoms with Gasteiger partial charge in [0.1, 0.15) is 0 Å². The molecular formula is C18H26BNO3. The molecule has 1 aliphatic carbocycles. The predicted molar refractivity (Wildman–Crippen MR) is 92.0 cm³/mol. The second-order valence-electron chi connectivity index (χ2n) is 7.83. The van der Waals surface area contributed by atoms with Crippen LogP contribution in [0, 0.1) is 6.92 Å². The zero-order chi connectivity index (χ0) is 17.0. The van der Waals surface area contributed by atoms with Crippen molar-refractivity contribution >= 4 is 18.5 Å². The van der Waals surface area contributed by atoms with Gasteiger partial charge in [0.15, 0.2) is 0 Å². The van der Waals surface area contributed by atoms with Gasteiger partial charge in [0.25, 0.3) is 5.91 Å². The van der Waals surface area contributed by atoms with Gasteiger partial charge in [0, 0.05) is 18.7 Å². The molecule has 3 rings (SSSR count). The summed E-state index contributed by atoms with van der Waals surface area (Å²) in [5, 5.41) is 0. The average Bonchev–Trinajstić information content (AvgIpc) is 3.25. The van der Waals surface area contributed by atoms with Gasteiger partial charge in [0.2, 0.25) is 0 Å². The van der Waals surface area contributed by atoms with Gasteiger partial charge in [0.05, 0.1) is 11.2 Å². The molecule has 0 spiro atoms. The molecule has 0 N–H and O–H groups in total. The molecule has 1 amide bonds. The highest BCUT2D eigenvalue weighted by atomic mass is 16.7. The summed E-state index contributed by atoms with van der Waals surface area (Å²) in [6.45, 7) is 10.1. The van der Waals surface area contributed by atoms with E-state index in [-0.39, 0.29) is 5.91 Å². The van der Waals surface area contributed by atoms with Crippen molar-refractivity contribution in [1.29, 1.82) is 0 Å². The quantitative estimate of drug-likeness (QED) is 0.805. The molecule has 4 nitrogen and oxygen atoms in total. The van der Waals surface area contributed by atoms with E-state index >= 15 is 0 Å². The summed E-state index contributed by atoms with van der Waals surface area (Å²) < 4.78 is 12.3. The van der Waals surface area contributed by atoms with Crippen LogP contribution in [0.1, 0.15) is 56.5 Å². The van der Waals surface area contributed by atoms with E-state index in [1.807, 2.05) is 64.8 Å². The van der Waals surface area contributed by atoms with Crippen molar-refractivity contribution in [2.24, 2.45) is 0 Å². The van der Waals surface area contributed by atoms with Crippen molar-refractivity contribution < 1.29 is 14.1 Å². The lowest BCUT2D eigenvalue weighted by Crippen LogP contribution is -2.41. The van der Waals surface area contributed by atoms with Crippen molar-refractivity contribution in [2.75, 3.05) is 7.05 Å². The lowest BCUT2D eigenvalue weighted by Gasteiger charge is -2.32. The fourth-order valence-electron chi connectivity index (χ4n) is 2.85. The smallest absolute Gasteiger partial charge is 0.399 e. The van der Waals surface area contributed by atoms with Crippen LogP contribution in [0.25, 0.3) is 0 Å². The molecule has 0 radical (unpaired) electrons. The lowest BCUT2D eigenvalue weighted by molar-refractivity contribution is 0.00578. The normalized spacial score (nSPS) is 22.3. The first-order valence-corrected chi connectivity index (χ1v) is 8.36.